The number of nitrogens with zero attached hydrogens (tertiary/aromatic N) is 1. The minimum atomic E-state index is -0.0212. The number of carbonyl (C=O) groups is 1. The van der Waals surface area contributed by atoms with Gasteiger partial charge in [-0.1, -0.05) is 36.4 Å². The summed E-state index contributed by atoms with van der Waals surface area (Å²) in [5, 5.41) is 3.01. The van der Waals surface area contributed by atoms with E-state index < -0.39 is 0 Å². The van der Waals surface area contributed by atoms with Crippen molar-refractivity contribution >= 4 is 5.91 Å². The van der Waals surface area contributed by atoms with E-state index in [4.69, 9.17) is 9.47 Å². The van der Waals surface area contributed by atoms with Crippen molar-refractivity contribution in [2.24, 2.45) is 0 Å². The number of ether oxygens (including phenoxy) is 2. The summed E-state index contributed by atoms with van der Waals surface area (Å²) >= 11 is 0. The summed E-state index contributed by atoms with van der Waals surface area (Å²) in [6.45, 7) is 3.34. The Balaban J connectivity index is 1.20. The largest absolute Gasteiger partial charge is 0.486 e. The van der Waals surface area contributed by atoms with E-state index in [2.05, 4.69) is 34.5 Å². The molecule has 2 aliphatic heterocycles. The van der Waals surface area contributed by atoms with E-state index in [0.717, 1.165) is 37.4 Å². The Bertz CT molecular complexity index is 777. The van der Waals surface area contributed by atoms with Crippen LogP contribution >= 0.6 is 0 Å². The Kier molecular flexibility index (Phi) is 5.07. The number of nitrogens with one attached hydrogen (secondary N) is 1. The number of carbonyl (C=O) groups excluding carboxylic acids is 1. The second kappa shape index (κ2) is 7.79. The summed E-state index contributed by atoms with van der Waals surface area (Å²) in [7, 11) is 0. The van der Waals surface area contributed by atoms with Crippen molar-refractivity contribution in [1.82, 2.24) is 10.2 Å². The van der Waals surface area contributed by atoms with Crippen molar-refractivity contribution in [3.8, 4) is 11.5 Å². The number of hydrogen-bond acceptors (Lipinski definition) is 4. The molecule has 0 saturated heterocycles. The van der Waals surface area contributed by atoms with Crippen LogP contribution in [-0.2, 0) is 17.8 Å². The van der Waals surface area contributed by atoms with Gasteiger partial charge in [0.1, 0.15) is 12.7 Å². The summed E-state index contributed by atoms with van der Waals surface area (Å²) in [5.41, 5.74) is 2.73. The Morgan fingerprint density at radius 3 is 2.73 bits per heavy atom. The Labute approximate surface area is 153 Å². The summed E-state index contributed by atoms with van der Waals surface area (Å²) < 4.78 is 11.6. The van der Waals surface area contributed by atoms with Crippen LogP contribution in [0.25, 0.3) is 0 Å². The topological polar surface area (TPSA) is 50.8 Å². The molecule has 0 aromatic heterocycles. The predicted octanol–water partition coefficient (Wildman–Crippen LogP) is 2.39. The standard InChI is InChI=1S/C21H24N2O3/c24-21(14-23-12-10-16-5-1-2-6-17(16)13-23)22-11-9-18-15-25-19-7-3-4-8-20(19)26-18/h1-8,18H,9-15H2,(H,22,24). The van der Waals surface area contributed by atoms with Crippen LogP contribution in [0, 0.1) is 0 Å². The number of fused-ring (bicyclic) bond motifs is 2. The Hall–Kier alpha value is -2.53. The highest BCUT2D eigenvalue weighted by Crippen LogP contribution is 2.31. The minimum absolute atomic E-state index is 0.0212. The summed E-state index contributed by atoms with van der Waals surface area (Å²) in [5.74, 6) is 1.64. The second-order valence-corrected chi connectivity index (χ2v) is 6.87. The molecule has 0 bridgehead atoms. The fraction of sp³-hybridized carbons (Fsp3) is 0.381. The molecule has 2 aromatic carbocycles. The molecule has 2 heterocycles. The van der Waals surface area contributed by atoms with Crippen LogP contribution in [-0.4, -0.2) is 43.2 Å². The van der Waals surface area contributed by atoms with Gasteiger partial charge in [-0.3, -0.25) is 9.69 Å². The molecule has 1 atom stereocenters. The third-order valence-electron chi connectivity index (χ3n) is 4.93. The molecule has 2 aromatic rings. The van der Waals surface area contributed by atoms with Gasteiger partial charge in [-0.25, -0.2) is 0 Å². The van der Waals surface area contributed by atoms with Crippen molar-refractivity contribution in [1.29, 1.82) is 0 Å². The zero-order valence-corrected chi connectivity index (χ0v) is 14.8. The van der Waals surface area contributed by atoms with Crippen molar-refractivity contribution < 1.29 is 14.3 Å². The maximum atomic E-state index is 12.2. The van der Waals surface area contributed by atoms with Gasteiger partial charge >= 0.3 is 0 Å². The average Bonchev–Trinajstić information content (AvgIpc) is 2.68. The molecule has 0 radical (unpaired) electrons. The molecule has 0 aliphatic carbocycles. The monoisotopic (exact) mass is 352 g/mol. The van der Waals surface area contributed by atoms with E-state index in [0.29, 0.717) is 19.7 Å². The Morgan fingerprint density at radius 2 is 1.85 bits per heavy atom. The molecule has 2 aliphatic rings. The maximum absolute atomic E-state index is 12.2. The maximum Gasteiger partial charge on any atom is 0.234 e. The van der Waals surface area contributed by atoms with Crippen molar-refractivity contribution in [2.75, 3.05) is 26.2 Å². The molecule has 0 fully saturated rings. The third-order valence-corrected chi connectivity index (χ3v) is 4.93. The van der Waals surface area contributed by atoms with Crippen LogP contribution in [0.1, 0.15) is 17.5 Å². The minimum Gasteiger partial charge on any atom is -0.486 e. The highest BCUT2D eigenvalue weighted by molar-refractivity contribution is 5.78. The lowest BCUT2D eigenvalue weighted by Gasteiger charge is -2.28. The number of amides is 1. The first-order chi connectivity index (χ1) is 12.8. The molecule has 136 valence electrons. The van der Waals surface area contributed by atoms with Crippen LogP contribution in [0.3, 0.4) is 0 Å². The zero-order valence-electron chi connectivity index (χ0n) is 14.8. The van der Waals surface area contributed by atoms with Crippen LogP contribution < -0.4 is 14.8 Å². The van der Waals surface area contributed by atoms with Crippen LogP contribution in [0.4, 0.5) is 0 Å². The van der Waals surface area contributed by atoms with Gasteiger partial charge in [0.25, 0.3) is 0 Å². The lowest BCUT2D eigenvalue weighted by atomic mass is 10.00. The first kappa shape index (κ1) is 16.9. The van der Waals surface area contributed by atoms with Crippen LogP contribution in [0.2, 0.25) is 0 Å². The van der Waals surface area contributed by atoms with E-state index in [1.54, 1.807) is 0 Å². The highest BCUT2D eigenvalue weighted by Gasteiger charge is 2.21. The van der Waals surface area contributed by atoms with Gasteiger partial charge in [-0.05, 0) is 29.7 Å². The summed E-state index contributed by atoms with van der Waals surface area (Å²) in [4.78, 5) is 14.4. The van der Waals surface area contributed by atoms with E-state index in [1.807, 2.05) is 24.3 Å². The van der Waals surface area contributed by atoms with Gasteiger partial charge in [-0.2, -0.15) is 0 Å². The van der Waals surface area contributed by atoms with Crippen LogP contribution in [0.15, 0.2) is 48.5 Å². The van der Waals surface area contributed by atoms with E-state index in [9.17, 15) is 4.79 Å². The molecule has 1 N–H and O–H groups in total. The predicted molar refractivity (Wildman–Crippen MR) is 99.4 cm³/mol. The molecule has 0 spiro atoms. The van der Waals surface area contributed by atoms with E-state index in [1.165, 1.54) is 11.1 Å². The van der Waals surface area contributed by atoms with Crippen LogP contribution in [0.5, 0.6) is 11.5 Å². The summed E-state index contributed by atoms with van der Waals surface area (Å²) in [6.07, 6.45) is 1.73. The number of benzene rings is 2. The van der Waals surface area contributed by atoms with Gasteiger partial charge < -0.3 is 14.8 Å². The summed E-state index contributed by atoms with van der Waals surface area (Å²) in [6, 6.07) is 16.2. The molecule has 0 saturated carbocycles. The first-order valence-electron chi connectivity index (χ1n) is 9.22. The third kappa shape index (κ3) is 3.99. The molecule has 1 amide bonds. The van der Waals surface area contributed by atoms with Crippen molar-refractivity contribution in [3.05, 3.63) is 59.7 Å². The smallest absolute Gasteiger partial charge is 0.234 e. The van der Waals surface area contributed by atoms with Crippen molar-refractivity contribution in [2.45, 2.75) is 25.5 Å². The molecule has 1 unspecified atom stereocenters. The Morgan fingerprint density at radius 1 is 1.08 bits per heavy atom. The van der Waals surface area contributed by atoms with Gasteiger partial charge in [0.15, 0.2) is 11.5 Å². The second-order valence-electron chi connectivity index (χ2n) is 6.87. The number of para-hydroxylation sites is 2. The van der Waals surface area contributed by atoms with Gasteiger partial charge in [0, 0.05) is 26.1 Å². The first-order valence-corrected chi connectivity index (χ1v) is 9.22. The molecule has 5 heteroatoms. The zero-order chi connectivity index (χ0) is 17.8. The molecular formula is C21H24N2O3. The average molecular weight is 352 g/mol. The van der Waals surface area contributed by atoms with Gasteiger partial charge in [0.2, 0.25) is 5.91 Å². The lowest BCUT2D eigenvalue weighted by Crippen LogP contribution is -2.41. The number of rotatable bonds is 5. The SMILES string of the molecule is O=C(CN1CCc2ccccc2C1)NCCC1COc2ccccc2O1. The van der Waals surface area contributed by atoms with E-state index in [-0.39, 0.29) is 12.0 Å². The fourth-order valence-corrected chi connectivity index (χ4v) is 3.53. The molecule has 4 rings (SSSR count). The van der Waals surface area contributed by atoms with Crippen molar-refractivity contribution in [3.63, 3.8) is 0 Å². The molecule has 26 heavy (non-hydrogen) atoms. The van der Waals surface area contributed by atoms with Gasteiger partial charge in [-0.15, -0.1) is 0 Å². The quantitative estimate of drug-likeness (QED) is 0.898. The molecular weight excluding hydrogens is 328 g/mol. The fourth-order valence-electron chi connectivity index (χ4n) is 3.53. The normalized spacial score (nSPS) is 18.8. The highest BCUT2D eigenvalue weighted by atomic mass is 16.6. The lowest BCUT2D eigenvalue weighted by molar-refractivity contribution is -0.122. The van der Waals surface area contributed by atoms with Gasteiger partial charge in [0.05, 0.1) is 6.54 Å². The number of hydrogen-bond donors (Lipinski definition) is 1. The van der Waals surface area contributed by atoms with E-state index >= 15 is 0 Å². The molecule has 5 nitrogen and oxygen atoms in total.